The number of halogens is 2. The Bertz CT molecular complexity index is 531. The Morgan fingerprint density at radius 1 is 1.00 bits per heavy atom. The van der Waals surface area contributed by atoms with E-state index >= 15 is 0 Å². The zero-order chi connectivity index (χ0) is 16.7. The second kappa shape index (κ2) is 9.20. The molecule has 0 aliphatic heterocycles. The van der Waals surface area contributed by atoms with Crippen LogP contribution in [0.1, 0.15) is 76.3 Å². The maximum absolute atomic E-state index is 14.0. The predicted octanol–water partition coefficient (Wildman–Crippen LogP) is 6.77. The first-order valence-corrected chi connectivity index (χ1v) is 9.29. The summed E-state index contributed by atoms with van der Waals surface area (Å²) in [5, 5.41) is 0. The Morgan fingerprint density at radius 2 is 1.74 bits per heavy atom. The molecule has 0 saturated heterocycles. The summed E-state index contributed by atoms with van der Waals surface area (Å²) in [4.78, 5) is 0. The van der Waals surface area contributed by atoms with Gasteiger partial charge in [-0.05, 0) is 55.6 Å². The molecule has 1 atom stereocenters. The second-order valence-electron chi connectivity index (χ2n) is 6.86. The minimum absolute atomic E-state index is 0.470. The molecule has 0 bridgehead atoms. The highest BCUT2D eigenvalue weighted by Gasteiger charge is 2.16. The van der Waals surface area contributed by atoms with Gasteiger partial charge in [-0.1, -0.05) is 63.3 Å². The number of benzene rings is 1. The zero-order valence-corrected chi connectivity index (χ0v) is 14.6. The topological polar surface area (TPSA) is 0 Å². The quantitative estimate of drug-likeness (QED) is 0.366. The highest BCUT2D eigenvalue weighted by Crippen LogP contribution is 2.30. The highest BCUT2D eigenvalue weighted by molar-refractivity contribution is 5.27. The van der Waals surface area contributed by atoms with Crippen molar-refractivity contribution in [3.63, 3.8) is 0 Å². The van der Waals surface area contributed by atoms with Crippen molar-refractivity contribution in [3.05, 3.63) is 46.5 Å². The number of allylic oxidation sites excluding steroid dienone is 2. The summed E-state index contributed by atoms with van der Waals surface area (Å²) < 4.78 is 27.9. The molecule has 0 saturated carbocycles. The fourth-order valence-electron chi connectivity index (χ4n) is 3.51. The van der Waals surface area contributed by atoms with Crippen LogP contribution in [-0.4, -0.2) is 0 Å². The molecule has 2 rings (SSSR count). The largest absolute Gasteiger partial charge is 0.203 e. The van der Waals surface area contributed by atoms with Gasteiger partial charge in [-0.3, -0.25) is 0 Å². The molecule has 128 valence electrons. The van der Waals surface area contributed by atoms with E-state index in [1.807, 2.05) is 6.92 Å². The fraction of sp³-hybridized carbons (Fsp3) is 0.619. The zero-order valence-electron chi connectivity index (χ0n) is 14.6. The molecule has 0 nitrogen and oxygen atoms in total. The van der Waals surface area contributed by atoms with Gasteiger partial charge in [-0.25, -0.2) is 8.78 Å². The van der Waals surface area contributed by atoms with Crippen molar-refractivity contribution in [2.75, 3.05) is 0 Å². The van der Waals surface area contributed by atoms with Crippen LogP contribution >= 0.6 is 0 Å². The smallest absolute Gasteiger partial charge is 0.162 e. The number of rotatable bonds is 8. The average molecular weight is 320 g/mol. The third-order valence-corrected chi connectivity index (χ3v) is 5.17. The van der Waals surface area contributed by atoms with E-state index in [1.54, 1.807) is 12.1 Å². The number of aryl methyl sites for hydroxylation is 2. The molecular formula is C21H30F2. The summed E-state index contributed by atoms with van der Waals surface area (Å²) in [6, 6.07) is 3.49. The van der Waals surface area contributed by atoms with Crippen LogP contribution in [0, 0.1) is 17.6 Å². The molecular weight excluding hydrogens is 290 g/mol. The first-order valence-electron chi connectivity index (χ1n) is 9.29. The molecule has 1 aromatic rings. The number of hydrogen-bond acceptors (Lipinski definition) is 0. The lowest BCUT2D eigenvalue weighted by Gasteiger charge is -2.22. The lowest BCUT2D eigenvalue weighted by atomic mass is 9.84. The molecule has 0 fully saturated rings. The lowest BCUT2D eigenvalue weighted by Crippen LogP contribution is -2.07. The van der Waals surface area contributed by atoms with Crippen LogP contribution in [0.3, 0.4) is 0 Å². The van der Waals surface area contributed by atoms with Crippen LogP contribution < -0.4 is 0 Å². The third-order valence-electron chi connectivity index (χ3n) is 5.17. The van der Waals surface area contributed by atoms with Gasteiger partial charge in [0.2, 0.25) is 0 Å². The van der Waals surface area contributed by atoms with E-state index in [0.29, 0.717) is 24.0 Å². The maximum Gasteiger partial charge on any atom is 0.162 e. The van der Waals surface area contributed by atoms with Crippen molar-refractivity contribution in [2.45, 2.75) is 78.1 Å². The summed E-state index contributed by atoms with van der Waals surface area (Å²) in [7, 11) is 0. The van der Waals surface area contributed by atoms with Crippen LogP contribution in [-0.2, 0) is 12.8 Å². The summed E-state index contributed by atoms with van der Waals surface area (Å²) in [6.07, 6.45) is 13.2. The van der Waals surface area contributed by atoms with Crippen LogP contribution in [0.2, 0.25) is 0 Å². The second-order valence-corrected chi connectivity index (χ2v) is 6.86. The molecule has 1 unspecified atom stereocenters. The molecule has 2 heteroatoms. The highest BCUT2D eigenvalue weighted by atomic mass is 19.2. The molecule has 1 aromatic carbocycles. The minimum Gasteiger partial charge on any atom is -0.203 e. The van der Waals surface area contributed by atoms with Gasteiger partial charge in [-0.2, -0.15) is 0 Å². The molecule has 0 heterocycles. The summed E-state index contributed by atoms with van der Waals surface area (Å²) in [5.41, 5.74) is 2.42. The Balaban J connectivity index is 1.84. The van der Waals surface area contributed by atoms with Gasteiger partial charge in [0.15, 0.2) is 11.6 Å². The Labute approximate surface area is 140 Å². The van der Waals surface area contributed by atoms with Gasteiger partial charge in [0, 0.05) is 0 Å². The molecule has 0 radical (unpaired) electrons. The van der Waals surface area contributed by atoms with Crippen molar-refractivity contribution in [3.8, 4) is 0 Å². The molecule has 23 heavy (non-hydrogen) atoms. The van der Waals surface area contributed by atoms with Gasteiger partial charge in [0.25, 0.3) is 0 Å². The van der Waals surface area contributed by atoms with Crippen LogP contribution in [0.15, 0.2) is 23.8 Å². The van der Waals surface area contributed by atoms with Crippen molar-refractivity contribution in [1.82, 2.24) is 0 Å². The molecule has 1 aliphatic rings. The number of unbranched alkanes of at least 4 members (excludes halogenated alkanes) is 2. The van der Waals surface area contributed by atoms with E-state index in [0.717, 1.165) is 18.8 Å². The third kappa shape index (κ3) is 5.16. The molecule has 0 aromatic heterocycles. The van der Waals surface area contributed by atoms with Gasteiger partial charge < -0.3 is 0 Å². The lowest BCUT2D eigenvalue weighted by molar-refractivity contribution is 0.413. The van der Waals surface area contributed by atoms with E-state index < -0.39 is 11.6 Å². The van der Waals surface area contributed by atoms with Gasteiger partial charge in [-0.15, -0.1) is 0 Å². The standard InChI is InChI=1S/C21H30F2/c1-3-5-6-7-16-8-10-17(11-9-16)12-13-19-15-14-18(4-2)20(22)21(19)23/h10,14-16H,3-9,11-13H2,1-2H3. The SMILES string of the molecule is CCCCCC1CC=C(CCc2ccc(CC)c(F)c2F)CC1. The van der Waals surface area contributed by atoms with E-state index in [9.17, 15) is 8.78 Å². The first kappa shape index (κ1) is 18.2. The summed E-state index contributed by atoms with van der Waals surface area (Å²) in [5.74, 6) is -0.458. The molecule has 1 aliphatic carbocycles. The van der Waals surface area contributed by atoms with Crippen molar-refractivity contribution in [1.29, 1.82) is 0 Å². The summed E-state index contributed by atoms with van der Waals surface area (Å²) in [6.45, 7) is 4.09. The van der Waals surface area contributed by atoms with Crippen LogP contribution in [0.25, 0.3) is 0 Å². The predicted molar refractivity (Wildman–Crippen MR) is 93.6 cm³/mol. The Hall–Kier alpha value is -1.18. The molecule has 0 spiro atoms. The normalized spacial score (nSPS) is 18.1. The average Bonchev–Trinajstić information content (AvgIpc) is 2.58. The van der Waals surface area contributed by atoms with Gasteiger partial charge in [0.05, 0.1) is 0 Å². The Kier molecular flexibility index (Phi) is 7.26. The first-order chi connectivity index (χ1) is 11.2. The monoisotopic (exact) mass is 320 g/mol. The molecule has 0 N–H and O–H groups in total. The minimum atomic E-state index is -0.654. The van der Waals surface area contributed by atoms with E-state index in [4.69, 9.17) is 0 Å². The maximum atomic E-state index is 14.0. The van der Waals surface area contributed by atoms with E-state index in [1.165, 1.54) is 44.1 Å². The van der Waals surface area contributed by atoms with Crippen molar-refractivity contribution < 1.29 is 8.78 Å². The van der Waals surface area contributed by atoms with Gasteiger partial charge in [0.1, 0.15) is 0 Å². The van der Waals surface area contributed by atoms with Crippen molar-refractivity contribution in [2.24, 2.45) is 5.92 Å². The number of hydrogen-bond donors (Lipinski definition) is 0. The Morgan fingerprint density at radius 3 is 2.39 bits per heavy atom. The van der Waals surface area contributed by atoms with Crippen LogP contribution in [0.4, 0.5) is 8.78 Å². The van der Waals surface area contributed by atoms with Gasteiger partial charge >= 0.3 is 0 Å². The molecule has 0 amide bonds. The van der Waals surface area contributed by atoms with E-state index in [2.05, 4.69) is 13.0 Å². The summed E-state index contributed by atoms with van der Waals surface area (Å²) >= 11 is 0. The van der Waals surface area contributed by atoms with Crippen molar-refractivity contribution >= 4 is 0 Å². The van der Waals surface area contributed by atoms with E-state index in [-0.39, 0.29) is 0 Å². The fourth-order valence-corrected chi connectivity index (χ4v) is 3.51. The van der Waals surface area contributed by atoms with Crippen LogP contribution in [0.5, 0.6) is 0 Å².